The first-order valence-corrected chi connectivity index (χ1v) is 9.67. The van der Waals surface area contributed by atoms with Crippen molar-refractivity contribution in [1.82, 2.24) is 4.57 Å². The Morgan fingerprint density at radius 1 is 1.20 bits per heavy atom. The first kappa shape index (κ1) is 21.8. The Bertz CT molecular complexity index is 1170. The maximum Gasteiger partial charge on any atom is 0.311 e. The van der Waals surface area contributed by atoms with E-state index in [-0.39, 0.29) is 40.1 Å². The number of carboxylic acid groups (broad SMARTS) is 1. The van der Waals surface area contributed by atoms with Gasteiger partial charge in [-0.2, -0.15) is 0 Å². The molecule has 0 aliphatic rings. The lowest BCUT2D eigenvalue weighted by Crippen LogP contribution is -2.17. The van der Waals surface area contributed by atoms with E-state index >= 15 is 0 Å². The second-order valence-corrected chi connectivity index (χ2v) is 8.02. The monoisotopic (exact) mass is 435 g/mol. The van der Waals surface area contributed by atoms with Crippen LogP contribution in [0.25, 0.3) is 10.9 Å². The van der Waals surface area contributed by atoms with Crippen LogP contribution in [-0.2, 0) is 4.79 Å². The summed E-state index contributed by atoms with van der Waals surface area (Å²) in [4.78, 5) is 25.2. The highest BCUT2D eigenvalue weighted by Crippen LogP contribution is 2.40. The number of carbonyl (C=O) groups excluding carboxylic acids is 1. The van der Waals surface area contributed by atoms with Crippen LogP contribution in [0.4, 0.5) is 8.78 Å². The molecule has 0 aliphatic carbocycles. The molecule has 5 nitrogen and oxygen atoms in total. The Kier molecular flexibility index (Phi) is 5.85. The van der Waals surface area contributed by atoms with Gasteiger partial charge < -0.3 is 10.2 Å². The number of hydrogen-bond acceptors (Lipinski definition) is 3. The van der Waals surface area contributed by atoms with Crippen LogP contribution < -0.4 is 0 Å². The van der Waals surface area contributed by atoms with Crippen molar-refractivity contribution < 1.29 is 28.6 Å². The van der Waals surface area contributed by atoms with Crippen molar-refractivity contribution in [1.29, 1.82) is 0 Å². The minimum atomic E-state index is -1.30. The highest BCUT2D eigenvalue weighted by Gasteiger charge is 2.33. The summed E-state index contributed by atoms with van der Waals surface area (Å²) in [6.07, 6.45) is 0.165. The van der Waals surface area contributed by atoms with Gasteiger partial charge in [0.1, 0.15) is 0 Å². The molecule has 2 aromatic carbocycles. The van der Waals surface area contributed by atoms with Gasteiger partial charge in [0.15, 0.2) is 17.4 Å². The Morgan fingerprint density at radius 2 is 1.87 bits per heavy atom. The molecule has 0 saturated carbocycles. The molecule has 158 valence electrons. The number of phenols is 1. The molecule has 2 N–H and O–H groups in total. The van der Waals surface area contributed by atoms with E-state index in [0.717, 1.165) is 10.6 Å². The van der Waals surface area contributed by atoms with Crippen molar-refractivity contribution in [2.45, 2.75) is 33.1 Å². The molecule has 3 rings (SSSR count). The minimum Gasteiger partial charge on any atom is -0.503 e. The van der Waals surface area contributed by atoms with Crippen molar-refractivity contribution in [2.75, 3.05) is 0 Å². The summed E-state index contributed by atoms with van der Waals surface area (Å²) in [6, 6.07) is 6.87. The number of hydrogen-bond donors (Lipinski definition) is 2. The number of rotatable bonds is 5. The van der Waals surface area contributed by atoms with Gasteiger partial charge in [0.05, 0.1) is 11.4 Å². The Balaban J connectivity index is 2.40. The third-order valence-corrected chi connectivity index (χ3v) is 5.27. The quantitative estimate of drug-likeness (QED) is 0.555. The molecule has 8 heteroatoms. The normalized spacial score (nSPS) is 12.5. The summed E-state index contributed by atoms with van der Waals surface area (Å²) in [5.41, 5.74) is 0.204. The molecular formula is C22H20ClF2NO4. The summed E-state index contributed by atoms with van der Waals surface area (Å²) < 4.78 is 30.2. The standard InChI is InChI=1S/C22H20ClF2NO4/c1-10(2)7-14(22(29)30)17-11(3)26(21(28)12-5-4-6-13(23)8-12)16-9-15(24)20(27)19(25)18(16)17/h4-6,8-10,14,27H,7H2,1-3H3,(H,29,30)/t14-/m0/s1. The molecular weight excluding hydrogens is 416 g/mol. The third kappa shape index (κ3) is 3.65. The van der Waals surface area contributed by atoms with E-state index in [1.165, 1.54) is 19.1 Å². The molecule has 3 aromatic rings. The highest BCUT2D eigenvalue weighted by molar-refractivity contribution is 6.31. The van der Waals surface area contributed by atoms with Gasteiger partial charge in [-0.3, -0.25) is 14.2 Å². The highest BCUT2D eigenvalue weighted by atomic mass is 35.5. The van der Waals surface area contributed by atoms with E-state index in [1.807, 2.05) is 13.8 Å². The van der Waals surface area contributed by atoms with Crippen LogP contribution in [0, 0.1) is 24.5 Å². The molecule has 30 heavy (non-hydrogen) atoms. The van der Waals surface area contributed by atoms with Crippen molar-refractivity contribution >= 4 is 34.4 Å². The number of carboxylic acids is 1. The van der Waals surface area contributed by atoms with Crippen LogP contribution in [0.2, 0.25) is 5.02 Å². The Morgan fingerprint density at radius 3 is 2.43 bits per heavy atom. The van der Waals surface area contributed by atoms with Gasteiger partial charge in [-0.15, -0.1) is 0 Å². The number of aromatic nitrogens is 1. The topological polar surface area (TPSA) is 79.5 Å². The van der Waals surface area contributed by atoms with Crippen LogP contribution in [0.15, 0.2) is 30.3 Å². The maximum atomic E-state index is 15.0. The van der Waals surface area contributed by atoms with E-state index < -0.39 is 35.2 Å². The number of benzene rings is 2. The molecule has 0 radical (unpaired) electrons. The number of fused-ring (bicyclic) bond motifs is 1. The second kappa shape index (κ2) is 8.07. The molecule has 0 bridgehead atoms. The maximum absolute atomic E-state index is 15.0. The molecule has 0 spiro atoms. The van der Waals surface area contributed by atoms with Crippen LogP contribution >= 0.6 is 11.6 Å². The van der Waals surface area contributed by atoms with Gasteiger partial charge in [-0.1, -0.05) is 31.5 Å². The zero-order chi connectivity index (χ0) is 22.3. The van der Waals surface area contributed by atoms with Crippen molar-refractivity contribution in [3.05, 3.63) is 63.8 Å². The van der Waals surface area contributed by atoms with E-state index in [0.29, 0.717) is 5.02 Å². The van der Waals surface area contributed by atoms with Gasteiger partial charge in [-0.25, -0.2) is 8.78 Å². The lowest BCUT2D eigenvalue weighted by Gasteiger charge is -2.16. The van der Waals surface area contributed by atoms with Crippen LogP contribution in [0.5, 0.6) is 5.75 Å². The number of aliphatic carboxylic acids is 1. The lowest BCUT2D eigenvalue weighted by molar-refractivity contribution is -0.139. The first-order valence-electron chi connectivity index (χ1n) is 9.29. The molecule has 0 amide bonds. The predicted octanol–water partition coefficient (Wildman–Crippen LogP) is 5.49. The number of nitrogens with zero attached hydrogens (tertiary/aromatic N) is 1. The Labute approximate surface area is 176 Å². The summed E-state index contributed by atoms with van der Waals surface area (Å²) >= 11 is 5.97. The minimum absolute atomic E-state index is 0.0365. The van der Waals surface area contributed by atoms with Crippen LogP contribution in [-0.4, -0.2) is 26.7 Å². The van der Waals surface area contributed by atoms with Gasteiger partial charge in [0.25, 0.3) is 5.91 Å². The molecule has 0 saturated heterocycles. The summed E-state index contributed by atoms with van der Waals surface area (Å²) in [5, 5.41) is 19.6. The van der Waals surface area contributed by atoms with Crippen molar-refractivity contribution in [3.63, 3.8) is 0 Å². The Hall–Kier alpha value is -2.93. The van der Waals surface area contributed by atoms with E-state index in [1.54, 1.807) is 12.1 Å². The van der Waals surface area contributed by atoms with E-state index in [9.17, 15) is 28.6 Å². The smallest absolute Gasteiger partial charge is 0.311 e. The fourth-order valence-corrected chi connectivity index (χ4v) is 3.95. The molecule has 0 aliphatic heterocycles. The lowest BCUT2D eigenvalue weighted by atomic mass is 9.88. The van der Waals surface area contributed by atoms with Gasteiger partial charge in [0, 0.05) is 27.7 Å². The first-order chi connectivity index (χ1) is 14.0. The van der Waals surface area contributed by atoms with Gasteiger partial charge >= 0.3 is 5.97 Å². The number of phenolic OH excluding ortho intramolecular Hbond substituents is 1. The van der Waals surface area contributed by atoms with Crippen LogP contribution in [0.3, 0.4) is 0 Å². The molecule has 1 atom stereocenters. The summed E-state index contributed by atoms with van der Waals surface area (Å²) in [5.74, 6) is -6.79. The third-order valence-electron chi connectivity index (χ3n) is 5.04. The van der Waals surface area contributed by atoms with Crippen molar-refractivity contribution in [2.24, 2.45) is 5.92 Å². The van der Waals surface area contributed by atoms with Gasteiger partial charge in [-0.05, 0) is 43.0 Å². The van der Waals surface area contributed by atoms with E-state index in [4.69, 9.17) is 11.6 Å². The SMILES string of the molecule is Cc1c([C@H](CC(C)C)C(=O)O)c2c(F)c(O)c(F)cc2n1C(=O)c1cccc(Cl)c1. The van der Waals surface area contributed by atoms with E-state index in [2.05, 4.69) is 0 Å². The fraction of sp³-hybridized carbons (Fsp3) is 0.273. The van der Waals surface area contributed by atoms with Gasteiger partial charge in [0.2, 0.25) is 0 Å². The molecule has 1 heterocycles. The average Bonchev–Trinajstić information content (AvgIpc) is 2.95. The number of halogens is 3. The summed E-state index contributed by atoms with van der Waals surface area (Å²) in [6.45, 7) is 5.10. The summed E-state index contributed by atoms with van der Waals surface area (Å²) in [7, 11) is 0. The number of carbonyl (C=O) groups is 2. The molecule has 1 aromatic heterocycles. The fourth-order valence-electron chi connectivity index (χ4n) is 3.76. The zero-order valence-corrected chi connectivity index (χ0v) is 17.3. The largest absolute Gasteiger partial charge is 0.503 e. The van der Waals surface area contributed by atoms with Crippen molar-refractivity contribution in [3.8, 4) is 5.75 Å². The zero-order valence-electron chi connectivity index (χ0n) is 16.5. The number of aromatic hydroxyl groups is 1. The molecule has 0 fully saturated rings. The predicted molar refractivity (Wildman–Crippen MR) is 109 cm³/mol. The second-order valence-electron chi connectivity index (χ2n) is 7.59. The average molecular weight is 436 g/mol. The van der Waals surface area contributed by atoms with Crippen LogP contribution in [0.1, 0.15) is 47.8 Å². The molecule has 0 unspecified atom stereocenters.